The number of amides is 2. The Morgan fingerprint density at radius 1 is 1.04 bits per heavy atom. The molecule has 28 heavy (non-hydrogen) atoms. The van der Waals surface area contributed by atoms with Gasteiger partial charge in [-0.25, -0.2) is 8.42 Å². The van der Waals surface area contributed by atoms with Gasteiger partial charge >= 0.3 is 0 Å². The van der Waals surface area contributed by atoms with Crippen LogP contribution in [0.3, 0.4) is 0 Å². The molecule has 0 saturated carbocycles. The molecule has 0 saturated heterocycles. The van der Waals surface area contributed by atoms with Crippen LogP contribution in [0.1, 0.15) is 29.8 Å². The summed E-state index contributed by atoms with van der Waals surface area (Å²) in [5, 5.41) is 5.41. The van der Waals surface area contributed by atoms with E-state index in [0.717, 1.165) is 16.1 Å². The normalized spacial score (nSPS) is 11.2. The van der Waals surface area contributed by atoms with Crippen LogP contribution in [0, 0.1) is 6.92 Å². The SMILES string of the molecule is Cc1ccc(N(CC(=O)Nc2ccccc2C(=O)NC(C)C)S(C)(=O)=O)cc1. The first kappa shape index (κ1) is 21.4. The largest absolute Gasteiger partial charge is 0.350 e. The summed E-state index contributed by atoms with van der Waals surface area (Å²) >= 11 is 0. The fourth-order valence-electron chi connectivity index (χ4n) is 2.56. The third-order valence-electron chi connectivity index (χ3n) is 3.88. The van der Waals surface area contributed by atoms with Crippen LogP contribution in [-0.4, -0.2) is 39.1 Å². The molecule has 0 unspecified atom stereocenters. The number of hydrogen-bond donors (Lipinski definition) is 2. The highest BCUT2D eigenvalue weighted by molar-refractivity contribution is 7.92. The number of hydrogen-bond acceptors (Lipinski definition) is 4. The average molecular weight is 404 g/mol. The van der Waals surface area contributed by atoms with E-state index in [1.165, 1.54) is 0 Å². The number of benzene rings is 2. The average Bonchev–Trinajstić information content (AvgIpc) is 2.59. The molecular weight excluding hydrogens is 378 g/mol. The Labute approximate surface area is 165 Å². The third kappa shape index (κ3) is 5.82. The van der Waals surface area contributed by atoms with Crippen LogP contribution in [-0.2, 0) is 14.8 Å². The van der Waals surface area contributed by atoms with Crippen molar-refractivity contribution in [1.29, 1.82) is 0 Å². The highest BCUT2D eigenvalue weighted by atomic mass is 32.2. The Morgan fingerprint density at radius 2 is 1.64 bits per heavy atom. The van der Waals surface area contributed by atoms with Gasteiger partial charge in [0.2, 0.25) is 15.9 Å². The highest BCUT2D eigenvalue weighted by Gasteiger charge is 2.22. The van der Waals surface area contributed by atoms with Crippen molar-refractivity contribution in [3.05, 3.63) is 59.7 Å². The van der Waals surface area contributed by atoms with Crippen molar-refractivity contribution >= 4 is 33.2 Å². The molecule has 2 aromatic rings. The molecule has 0 aliphatic carbocycles. The summed E-state index contributed by atoms with van der Waals surface area (Å²) < 4.78 is 25.4. The van der Waals surface area contributed by atoms with Crippen molar-refractivity contribution in [1.82, 2.24) is 5.32 Å². The lowest BCUT2D eigenvalue weighted by molar-refractivity contribution is -0.114. The van der Waals surface area contributed by atoms with Crippen LogP contribution in [0.4, 0.5) is 11.4 Å². The first-order chi connectivity index (χ1) is 13.1. The molecule has 0 fully saturated rings. The second-order valence-corrected chi connectivity index (χ2v) is 8.73. The number of para-hydroxylation sites is 1. The molecule has 8 heteroatoms. The van der Waals surface area contributed by atoms with Gasteiger partial charge < -0.3 is 10.6 Å². The van der Waals surface area contributed by atoms with E-state index in [1.54, 1.807) is 48.5 Å². The second-order valence-electron chi connectivity index (χ2n) is 6.83. The summed E-state index contributed by atoms with van der Waals surface area (Å²) in [5.41, 5.74) is 2.01. The molecule has 2 aromatic carbocycles. The summed E-state index contributed by atoms with van der Waals surface area (Å²) in [6, 6.07) is 13.4. The first-order valence-electron chi connectivity index (χ1n) is 8.82. The van der Waals surface area contributed by atoms with Crippen LogP contribution in [0.2, 0.25) is 0 Å². The van der Waals surface area contributed by atoms with Crippen LogP contribution >= 0.6 is 0 Å². The molecule has 2 amide bonds. The topological polar surface area (TPSA) is 95.6 Å². The van der Waals surface area contributed by atoms with Gasteiger partial charge in [0, 0.05) is 6.04 Å². The van der Waals surface area contributed by atoms with Crippen molar-refractivity contribution in [3.63, 3.8) is 0 Å². The Bertz CT molecular complexity index is 954. The van der Waals surface area contributed by atoms with E-state index in [1.807, 2.05) is 20.8 Å². The van der Waals surface area contributed by atoms with Gasteiger partial charge in [-0.1, -0.05) is 29.8 Å². The van der Waals surface area contributed by atoms with Gasteiger partial charge in [-0.05, 0) is 45.0 Å². The Hall–Kier alpha value is -2.87. The number of nitrogens with one attached hydrogen (secondary N) is 2. The Kier molecular flexibility index (Phi) is 6.80. The summed E-state index contributed by atoms with van der Waals surface area (Å²) in [6.45, 7) is 5.16. The minimum absolute atomic E-state index is 0.0569. The van der Waals surface area contributed by atoms with Gasteiger partial charge in [0.1, 0.15) is 6.54 Å². The number of carbonyl (C=O) groups is 2. The van der Waals surface area contributed by atoms with Crippen molar-refractivity contribution in [2.24, 2.45) is 0 Å². The highest BCUT2D eigenvalue weighted by Crippen LogP contribution is 2.19. The lowest BCUT2D eigenvalue weighted by Crippen LogP contribution is -2.38. The van der Waals surface area contributed by atoms with Gasteiger partial charge in [-0.2, -0.15) is 0 Å². The molecule has 0 aliphatic heterocycles. The van der Waals surface area contributed by atoms with Gasteiger partial charge in [0.25, 0.3) is 5.91 Å². The Morgan fingerprint density at radius 3 is 2.21 bits per heavy atom. The van der Waals surface area contributed by atoms with Crippen LogP contribution in [0.5, 0.6) is 0 Å². The summed E-state index contributed by atoms with van der Waals surface area (Å²) in [7, 11) is -3.67. The molecule has 0 bridgehead atoms. The van der Waals surface area contributed by atoms with Crippen molar-refractivity contribution < 1.29 is 18.0 Å². The summed E-state index contributed by atoms with van der Waals surface area (Å²) in [5.74, 6) is -0.861. The van der Waals surface area contributed by atoms with E-state index in [9.17, 15) is 18.0 Å². The maximum atomic E-state index is 12.6. The fourth-order valence-corrected chi connectivity index (χ4v) is 3.42. The zero-order valence-corrected chi connectivity index (χ0v) is 17.2. The maximum Gasteiger partial charge on any atom is 0.253 e. The van der Waals surface area contributed by atoms with Crippen molar-refractivity contribution in [3.8, 4) is 0 Å². The second kappa shape index (κ2) is 8.88. The van der Waals surface area contributed by atoms with Crippen LogP contribution in [0.25, 0.3) is 0 Å². The third-order valence-corrected chi connectivity index (χ3v) is 5.02. The van der Waals surface area contributed by atoms with Gasteiger partial charge in [0.15, 0.2) is 0 Å². The molecule has 0 aliphatic rings. The first-order valence-corrected chi connectivity index (χ1v) is 10.7. The van der Waals surface area contributed by atoms with Gasteiger partial charge in [0.05, 0.1) is 23.2 Å². The van der Waals surface area contributed by atoms with Crippen molar-refractivity contribution in [2.75, 3.05) is 22.4 Å². The lowest BCUT2D eigenvalue weighted by Gasteiger charge is -2.22. The summed E-state index contributed by atoms with van der Waals surface area (Å²) in [4.78, 5) is 24.9. The molecule has 150 valence electrons. The number of rotatable bonds is 7. The zero-order chi connectivity index (χ0) is 20.9. The predicted molar refractivity (Wildman–Crippen MR) is 111 cm³/mol. The number of aryl methyl sites for hydroxylation is 1. The number of sulfonamides is 1. The van der Waals surface area contributed by atoms with E-state index in [2.05, 4.69) is 10.6 Å². The summed E-state index contributed by atoms with van der Waals surface area (Å²) in [6.07, 6.45) is 1.05. The van der Waals surface area contributed by atoms with E-state index in [4.69, 9.17) is 0 Å². The Balaban J connectivity index is 2.22. The quantitative estimate of drug-likeness (QED) is 0.743. The number of nitrogens with zero attached hydrogens (tertiary/aromatic N) is 1. The minimum atomic E-state index is -3.67. The van der Waals surface area contributed by atoms with Crippen LogP contribution < -0.4 is 14.9 Å². The predicted octanol–water partition coefficient (Wildman–Crippen LogP) is 2.54. The van der Waals surface area contributed by atoms with E-state index in [-0.39, 0.29) is 11.9 Å². The molecule has 0 aromatic heterocycles. The monoisotopic (exact) mass is 403 g/mol. The molecular formula is C20H25N3O4S. The van der Waals surface area contributed by atoms with Crippen LogP contribution in [0.15, 0.2) is 48.5 Å². The van der Waals surface area contributed by atoms with Gasteiger partial charge in [-0.15, -0.1) is 0 Å². The molecule has 0 heterocycles. The zero-order valence-electron chi connectivity index (χ0n) is 16.4. The smallest absolute Gasteiger partial charge is 0.253 e. The number of carbonyl (C=O) groups excluding carboxylic acids is 2. The van der Waals surface area contributed by atoms with E-state index < -0.39 is 22.5 Å². The fraction of sp³-hybridized carbons (Fsp3) is 0.300. The molecule has 2 N–H and O–H groups in total. The molecule has 0 radical (unpaired) electrons. The van der Waals surface area contributed by atoms with E-state index >= 15 is 0 Å². The molecule has 7 nitrogen and oxygen atoms in total. The van der Waals surface area contributed by atoms with Gasteiger partial charge in [-0.3, -0.25) is 13.9 Å². The van der Waals surface area contributed by atoms with E-state index in [0.29, 0.717) is 16.9 Å². The molecule has 0 spiro atoms. The molecule has 2 rings (SSSR count). The lowest BCUT2D eigenvalue weighted by atomic mass is 10.1. The maximum absolute atomic E-state index is 12.6. The number of anilines is 2. The minimum Gasteiger partial charge on any atom is -0.350 e. The van der Waals surface area contributed by atoms with Crippen molar-refractivity contribution in [2.45, 2.75) is 26.8 Å². The standard InChI is InChI=1S/C20H25N3O4S/c1-14(2)21-20(25)17-7-5-6-8-18(17)22-19(24)13-23(28(4,26)27)16-11-9-15(3)10-12-16/h5-12,14H,13H2,1-4H3,(H,21,25)(H,22,24). The molecule has 0 atom stereocenters.